The van der Waals surface area contributed by atoms with Gasteiger partial charge in [-0.15, -0.1) is 0 Å². The van der Waals surface area contributed by atoms with Crippen molar-refractivity contribution in [2.24, 2.45) is 0 Å². The van der Waals surface area contributed by atoms with Crippen LogP contribution in [0.2, 0.25) is 0 Å². The summed E-state index contributed by atoms with van der Waals surface area (Å²) in [4.78, 5) is 17.3. The Morgan fingerprint density at radius 3 is 2.76 bits per heavy atom. The lowest BCUT2D eigenvalue weighted by Crippen LogP contribution is -2.10. The third-order valence-corrected chi connectivity index (χ3v) is 3.63. The van der Waals surface area contributed by atoms with E-state index in [2.05, 4.69) is 4.98 Å². The van der Waals surface area contributed by atoms with Crippen LogP contribution in [0, 0.1) is 6.92 Å². The molecule has 0 radical (unpaired) electrons. The quantitative estimate of drug-likeness (QED) is 0.657. The topological polar surface area (TPSA) is 34.9 Å². The van der Waals surface area contributed by atoms with Gasteiger partial charge in [0.15, 0.2) is 0 Å². The van der Waals surface area contributed by atoms with Crippen LogP contribution in [0.1, 0.15) is 5.56 Å². The number of aryl methyl sites for hydroxylation is 1. The van der Waals surface area contributed by atoms with E-state index in [-0.39, 0.29) is 5.56 Å². The summed E-state index contributed by atoms with van der Waals surface area (Å²) in [5.41, 5.74) is 1.90. The maximum absolute atomic E-state index is 12.2. The van der Waals surface area contributed by atoms with Crippen molar-refractivity contribution >= 4 is 21.7 Å². The van der Waals surface area contributed by atoms with Gasteiger partial charge in [-0.2, -0.15) is 0 Å². The highest BCUT2D eigenvalue weighted by Gasteiger charge is 2.09. The first-order chi connectivity index (χ1) is 8.25. The van der Waals surface area contributed by atoms with Crippen molar-refractivity contribution in [3.05, 3.63) is 58.5 Å². The molecule has 2 aromatic heterocycles. The number of rotatable bonds is 1. The van der Waals surface area contributed by atoms with Gasteiger partial charge in [0.2, 0.25) is 0 Å². The first-order valence-corrected chi connectivity index (χ1v) is 6.07. The van der Waals surface area contributed by atoms with Crippen molar-refractivity contribution in [1.82, 2.24) is 8.94 Å². The Bertz CT molecular complexity index is 728. The Morgan fingerprint density at radius 1 is 1.24 bits per heavy atom. The molecule has 3 rings (SSSR count). The molecule has 4 heteroatoms. The molecule has 0 N–H and O–H groups in total. The van der Waals surface area contributed by atoms with Gasteiger partial charge >= 0.3 is 0 Å². The molecule has 17 heavy (non-hydrogen) atoms. The summed E-state index contributed by atoms with van der Waals surface area (Å²) < 4.78 is 1.68. The molecule has 0 amide bonds. The second-order valence-electron chi connectivity index (χ2n) is 3.89. The van der Waals surface area contributed by atoms with E-state index in [0.29, 0.717) is 5.39 Å². The van der Waals surface area contributed by atoms with Crippen LogP contribution in [-0.2, 0) is 0 Å². The van der Waals surface area contributed by atoms with Crippen LogP contribution in [-0.4, -0.2) is 8.94 Å². The Morgan fingerprint density at radius 2 is 2.00 bits per heavy atom. The first kappa shape index (κ1) is 10.2. The van der Waals surface area contributed by atoms with E-state index < -0.39 is 0 Å². The Kier molecular flexibility index (Phi) is 2.30. The van der Waals surface area contributed by atoms with Crippen molar-refractivity contribution in [1.29, 1.82) is 0 Å². The van der Waals surface area contributed by atoms with Crippen molar-refractivity contribution < 1.29 is 0 Å². The molecule has 0 spiro atoms. The molecule has 3 aromatic rings. The number of fused-ring (bicyclic) bond motifs is 1. The maximum atomic E-state index is 12.2. The van der Waals surface area contributed by atoms with Gasteiger partial charge in [0.1, 0.15) is 4.83 Å². The molecule has 0 saturated heterocycles. The van der Waals surface area contributed by atoms with Gasteiger partial charge in [-0.3, -0.25) is 4.79 Å². The highest BCUT2D eigenvalue weighted by molar-refractivity contribution is 7.13. The minimum atomic E-state index is 0.00685. The van der Waals surface area contributed by atoms with Crippen LogP contribution < -0.4 is 5.56 Å². The number of pyridine rings is 1. The number of hydrogen-bond donors (Lipinski definition) is 0. The number of benzene rings is 1. The molecule has 0 fully saturated rings. The maximum Gasteiger partial charge on any atom is 0.274 e. The Hall–Kier alpha value is -1.94. The van der Waals surface area contributed by atoms with Crippen LogP contribution in [0.3, 0.4) is 0 Å². The van der Waals surface area contributed by atoms with E-state index in [1.54, 1.807) is 10.2 Å². The van der Waals surface area contributed by atoms with E-state index in [1.807, 2.05) is 43.3 Å². The molecule has 0 unspecified atom stereocenters. The van der Waals surface area contributed by atoms with E-state index >= 15 is 0 Å². The summed E-state index contributed by atoms with van der Waals surface area (Å²) >= 11 is 1.38. The highest BCUT2D eigenvalue weighted by atomic mass is 32.1. The van der Waals surface area contributed by atoms with E-state index in [1.165, 1.54) is 11.5 Å². The fourth-order valence-corrected chi connectivity index (χ4v) is 2.68. The van der Waals surface area contributed by atoms with Gasteiger partial charge in [0.25, 0.3) is 5.56 Å². The summed E-state index contributed by atoms with van der Waals surface area (Å²) in [6.07, 6.45) is 1.79. The minimum absolute atomic E-state index is 0.00685. The average molecular weight is 242 g/mol. The fraction of sp³-hybridized carbons (Fsp3) is 0.0769. The van der Waals surface area contributed by atoms with Crippen molar-refractivity contribution in [2.75, 3.05) is 0 Å². The summed E-state index contributed by atoms with van der Waals surface area (Å²) in [7, 11) is 0. The van der Waals surface area contributed by atoms with Crippen LogP contribution in [0.15, 0.2) is 47.4 Å². The number of para-hydroxylation sites is 1. The largest absolute Gasteiger partial charge is 0.274 e. The number of nitrogens with zero attached hydrogens (tertiary/aromatic N) is 2. The van der Waals surface area contributed by atoms with Crippen LogP contribution in [0.5, 0.6) is 0 Å². The molecule has 3 nitrogen and oxygen atoms in total. The van der Waals surface area contributed by atoms with Gasteiger partial charge in [-0.05, 0) is 42.2 Å². The molecule has 0 saturated carbocycles. The fourth-order valence-electron chi connectivity index (χ4n) is 1.75. The lowest BCUT2D eigenvalue weighted by molar-refractivity contribution is 1.14. The summed E-state index contributed by atoms with van der Waals surface area (Å²) in [6, 6.07) is 11.5. The molecule has 1 aromatic carbocycles. The molecule has 0 aliphatic heterocycles. The molecule has 84 valence electrons. The van der Waals surface area contributed by atoms with E-state index in [4.69, 9.17) is 0 Å². The second-order valence-corrected chi connectivity index (χ2v) is 4.83. The van der Waals surface area contributed by atoms with Gasteiger partial charge in [0, 0.05) is 6.20 Å². The smallest absolute Gasteiger partial charge is 0.267 e. The van der Waals surface area contributed by atoms with Crippen molar-refractivity contribution in [3.8, 4) is 5.69 Å². The lowest BCUT2D eigenvalue weighted by Gasteiger charge is -1.97. The van der Waals surface area contributed by atoms with Crippen molar-refractivity contribution in [3.63, 3.8) is 0 Å². The normalized spacial score (nSPS) is 10.9. The average Bonchev–Trinajstić information content (AvgIpc) is 2.68. The van der Waals surface area contributed by atoms with E-state index in [9.17, 15) is 4.79 Å². The SMILES string of the molecule is Cc1cnc2sn(-c3ccccc3)c(=O)c2c1. The molecule has 0 aliphatic rings. The highest BCUT2D eigenvalue weighted by Crippen LogP contribution is 2.18. The standard InChI is InChI=1S/C13H10N2OS/c1-9-7-11-12(14-8-9)17-15(13(11)16)10-5-3-2-4-6-10/h2-8H,1H3. The monoisotopic (exact) mass is 242 g/mol. The Balaban J connectivity index is 2.33. The molecule has 0 bridgehead atoms. The second kappa shape index (κ2) is 3.82. The Labute approximate surface area is 102 Å². The van der Waals surface area contributed by atoms with Crippen LogP contribution in [0.4, 0.5) is 0 Å². The zero-order chi connectivity index (χ0) is 11.8. The lowest BCUT2D eigenvalue weighted by atomic mass is 10.2. The van der Waals surface area contributed by atoms with Gasteiger partial charge in [-0.25, -0.2) is 8.94 Å². The predicted octanol–water partition coefficient (Wildman–Crippen LogP) is 2.76. The molecule has 0 atom stereocenters. The van der Waals surface area contributed by atoms with E-state index in [0.717, 1.165) is 16.1 Å². The summed E-state index contributed by atoms with van der Waals surface area (Å²) in [5, 5.41) is 0.693. The number of aromatic nitrogens is 2. The molecular weight excluding hydrogens is 232 g/mol. The van der Waals surface area contributed by atoms with Crippen LogP contribution >= 0.6 is 11.5 Å². The van der Waals surface area contributed by atoms with Gasteiger partial charge in [-0.1, -0.05) is 18.2 Å². The summed E-state index contributed by atoms with van der Waals surface area (Å²) in [5.74, 6) is 0. The third-order valence-electron chi connectivity index (χ3n) is 2.57. The minimum Gasteiger partial charge on any atom is -0.267 e. The zero-order valence-corrected chi connectivity index (χ0v) is 10.1. The zero-order valence-electron chi connectivity index (χ0n) is 9.25. The van der Waals surface area contributed by atoms with Gasteiger partial charge in [0.05, 0.1) is 11.1 Å². The predicted molar refractivity (Wildman–Crippen MR) is 70.0 cm³/mol. The van der Waals surface area contributed by atoms with Gasteiger partial charge < -0.3 is 0 Å². The molecule has 2 heterocycles. The molecular formula is C13H10N2OS. The number of hydrogen-bond acceptors (Lipinski definition) is 3. The van der Waals surface area contributed by atoms with Crippen LogP contribution in [0.25, 0.3) is 15.9 Å². The van der Waals surface area contributed by atoms with Crippen molar-refractivity contribution in [2.45, 2.75) is 6.92 Å². The first-order valence-electron chi connectivity index (χ1n) is 5.30. The molecule has 0 aliphatic carbocycles. The third kappa shape index (κ3) is 1.66. The summed E-state index contributed by atoms with van der Waals surface area (Å²) in [6.45, 7) is 1.94.